The number of hydrogen-bond donors (Lipinski definition) is 0. The molecule has 3 heterocycles. The van der Waals surface area contributed by atoms with E-state index in [4.69, 9.17) is 0 Å². The molecule has 0 aliphatic carbocycles. The lowest BCUT2D eigenvalue weighted by Crippen LogP contribution is -2.51. The lowest BCUT2D eigenvalue weighted by atomic mass is 10.0. The Bertz CT molecular complexity index is 897. The van der Waals surface area contributed by atoms with E-state index in [1.807, 2.05) is 59.5 Å². The minimum absolute atomic E-state index is 0.00435. The van der Waals surface area contributed by atoms with Crippen molar-refractivity contribution in [1.82, 2.24) is 4.90 Å². The molecule has 3 aliphatic heterocycles. The molecule has 0 N–H and O–H groups in total. The van der Waals surface area contributed by atoms with Crippen LogP contribution >= 0.6 is 11.8 Å². The van der Waals surface area contributed by atoms with Crippen molar-refractivity contribution in [2.75, 3.05) is 35.3 Å². The fourth-order valence-electron chi connectivity index (χ4n) is 4.40. The van der Waals surface area contributed by atoms with Gasteiger partial charge < -0.3 is 0 Å². The number of carbonyl (C=O) groups excluding carboxylic acids is 2. The van der Waals surface area contributed by atoms with Crippen LogP contribution < -0.4 is 9.80 Å². The first-order valence-electron chi connectivity index (χ1n) is 9.38. The predicted octanol–water partition coefficient (Wildman–Crippen LogP) is 3.02. The molecule has 0 radical (unpaired) electrons. The van der Waals surface area contributed by atoms with Crippen LogP contribution in [-0.4, -0.2) is 42.2 Å². The number of rotatable bonds is 3. The summed E-state index contributed by atoms with van der Waals surface area (Å²) in [7, 11) is 0. The zero-order valence-electron chi connectivity index (χ0n) is 15.0. The Hall–Kier alpha value is -2.31. The van der Waals surface area contributed by atoms with E-state index >= 15 is 0 Å². The molecule has 2 saturated heterocycles. The van der Waals surface area contributed by atoms with Crippen molar-refractivity contribution in [1.29, 1.82) is 0 Å². The van der Waals surface area contributed by atoms with E-state index < -0.39 is 4.87 Å². The van der Waals surface area contributed by atoms with Crippen molar-refractivity contribution in [3.8, 4) is 0 Å². The molecule has 1 spiro atoms. The molecular weight excluding hydrogens is 358 g/mol. The van der Waals surface area contributed by atoms with Gasteiger partial charge in [-0.05, 0) is 44.1 Å². The maximum absolute atomic E-state index is 13.8. The Labute approximate surface area is 162 Å². The smallest absolute Gasteiger partial charge is 0.269 e. The molecule has 2 aromatic rings. The molecule has 1 unspecified atom stereocenters. The van der Waals surface area contributed by atoms with E-state index in [-0.39, 0.29) is 11.8 Å². The minimum Gasteiger partial charge on any atom is -0.295 e. The van der Waals surface area contributed by atoms with Crippen LogP contribution in [0, 0.1) is 0 Å². The summed E-state index contributed by atoms with van der Waals surface area (Å²) in [5.74, 6) is 0.291. The summed E-state index contributed by atoms with van der Waals surface area (Å²) in [5, 5.41) is 0. The van der Waals surface area contributed by atoms with Gasteiger partial charge in [-0.1, -0.05) is 36.4 Å². The van der Waals surface area contributed by atoms with Gasteiger partial charge in [0.15, 0.2) is 0 Å². The highest BCUT2D eigenvalue weighted by Gasteiger charge is 2.61. The lowest BCUT2D eigenvalue weighted by Gasteiger charge is -2.33. The van der Waals surface area contributed by atoms with Crippen molar-refractivity contribution in [2.24, 2.45) is 0 Å². The average molecular weight is 379 g/mol. The number of anilines is 2. The fraction of sp³-hybridized carbons (Fsp3) is 0.333. The Kier molecular flexibility index (Phi) is 3.98. The highest BCUT2D eigenvalue weighted by Crippen LogP contribution is 2.55. The standard InChI is InChI=1S/C21H21N3O2S/c25-19-14-27-21(24(19)16-8-2-1-3-9-16)17-10-4-5-11-18(17)23(20(21)26)15-22-12-6-7-13-22/h1-5,8-11H,6-7,12-15H2. The summed E-state index contributed by atoms with van der Waals surface area (Å²) in [6, 6.07) is 17.5. The molecule has 3 aliphatic rings. The highest BCUT2D eigenvalue weighted by molar-refractivity contribution is 8.02. The van der Waals surface area contributed by atoms with E-state index in [2.05, 4.69) is 4.90 Å². The van der Waals surface area contributed by atoms with Crippen LogP contribution in [-0.2, 0) is 14.5 Å². The van der Waals surface area contributed by atoms with E-state index in [1.54, 1.807) is 4.90 Å². The SMILES string of the molecule is O=C1CSC2(C(=O)N(CN3CCCC3)c3ccccc32)N1c1ccccc1. The number of carbonyl (C=O) groups is 2. The van der Waals surface area contributed by atoms with Crippen LogP contribution in [0.25, 0.3) is 0 Å². The van der Waals surface area contributed by atoms with E-state index in [0.29, 0.717) is 12.4 Å². The van der Waals surface area contributed by atoms with Gasteiger partial charge >= 0.3 is 0 Å². The van der Waals surface area contributed by atoms with Gasteiger partial charge in [0.05, 0.1) is 18.1 Å². The second-order valence-electron chi connectivity index (χ2n) is 7.21. The van der Waals surface area contributed by atoms with Gasteiger partial charge in [0.25, 0.3) is 5.91 Å². The van der Waals surface area contributed by atoms with Crippen LogP contribution in [0.1, 0.15) is 18.4 Å². The largest absolute Gasteiger partial charge is 0.295 e. The fourth-order valence-corrected chi connectivity index (χ4v) is 5.76. The molecule has 0 saturated carbocycles. The van der Waals surface area contributed by atoms with Crippen molar-refractivity contribution >= 4 is 35.0 Å². The van der Waals surface area contributed by atoms with Crippen molar-refractivity contribution in [2.45, 2.75) is 17.7 Å². The summed E-state index contributed by atoms with van der Waals surface area (Å²) in [4.78, 5) is 31.6. The first kappa shape index (κ1) is 16.8. The first-order chi connectivity index (χ1) is 13.2. The van der Waals surface area contributed by atoms with Gasteiger partial charge in [-0.25, -0.2) is 0 Å². The molecular formula is C21H21N3O2S. The number of likely N-dealkylation sites (tertiary alicyclic amines) is 1. The van der Waals surface area contributed by atoms with Crippen LogP contribution in [0.4, 0.5) is 11.4 Å². The Morgan fingerprint density at radius 3 is 2.41 bits per heavy atom. The number of benzene rings is 2. The summed E-state index contributed by atoms with van der Waals surface area (Å²) >= 11 is 1.44. The second kappa shape index (κ2) is 6.39. The predicted molar refractivity (Wildman–Crippen MR) is 108 cm³/mol. The van der Waals surface area contributed by atoms with E-state index in [9.17, 15) is 9.59 Å². The minimum atomic E-state index is -0.991. The number of para-hydroxylation sites is 2. The van der Waals surface area contributed by atoms with Gasteiger partial charge in [0.1, 0.15) is 0 Å². The Morgan fingerprint density at radius 1 is 0.926 bits per heavy atom. The van der Waals surface area contributed by atoms with Crippen LogP contribution in [0.2, 0.25) is 0 Å². The van der Waals surface area contributed by atoms with E-state index in [0.717, 1.165) is 30.0 Å². The summed E-state index contributed by atoms with van der Waals surface area (Å²) in [6.07, 6.45) is 2.36. The van der Waals surface area contributed by atoms with Gasteiger partial charge in [-0.2, -0.15) is 0 Å². The van der Waals surface area contributed by atoms with E-state index in [1.165, 1.54) is 24.6 Å². The van der Waals surface area contributed by atoms with Crippen molar-refractivity contribution < 1.29 is 9.59 Å². The maximum atomic E-state index is 13.8. The molecule has 138 valence electrons. The maximum Gasteiger partial charge on any atom is 0.269 e. The Balaban J connectivity index is 1.62. The van der Waals surface area contributed by atoms with Crippen LogP contribution in [0.15, 0.2) is 54.6 Å². The highest BCUT2D eigenvalue weighted by atomic mass is 32.2. The third-order valence-electron chi connectivity index (χ3n) is 5.62. The molecule has 0 aromatic heterocycles. The number of hydrogen-bond acceptors (Lipinski definition) is 4. The zero-order valence-corrected chi connectivity index (χ0v) is 15.8. The quantitative estimate of drug-likeness (QED) is 0.822. The average Bonchev–Trinajstić information content (AvgIpc) is 3.39. The van der Waals surface area contributed by atoms with Crippen molar-refractivity contribution in [3.63, 3.8) is 0 Å². The normalized spacial score (nSPS) is 25.0. The molecule has 0 bridgehead atoms. The molecule has 5 nitrogen and oxygen atoms in total. The third-order valence-corrected chi connectivity index (χ3v) is 7.00. The molecule has 27 heavy (non-hydrogen) atoms. The molecule has 6 heteroatoms. The zero-order chi connectivity index (χ0) is 18.4. The molecule has 2 fully saturated rings. The van der Waals surface area contributed by atoms with Gasteiger partial charge in [-0.3, -0.25) is 24.3 Å². The molecule has 5 rings (SSSR count). The lowest BCUT2D eigenvalue weighted by molar-refractivity contribution is -0.123. The number of fused-ring (bicyclic) bond motifs is 2. The number of thioether (sulfide) groups is 1. The van der Waals surface area contributed by atoms with Crippen LogP contribution in [0.5, 0.6) is 0 Å². The van der Waals surface area contributed by atoms with Crippen molar-refractivity contribution in [3.05, 3.63) is 60.2 Å². The summed E-state index contributed by atoms with van der Waals surface area (Å²) < 4.78 is 0. The molecule has 1 atom stereocenters. The van der Waals surface area contributed by atoms with Gasteiger partial charge in [0, 0.05) is 11.3 Å². The third kappa shape index (κ3) is 2.43. The second-order valence-corrected chi connectivity index (χ2v) is 8.38. The number of amides is 2. The monoisotopic (exact) mass is 379 g/mol. The Morgan fingerprint density at radius 2 is 1.63 bits per heavy atom. The summed E-state index contributed by atoms with van der Waals surface area (Å²) in [5.41, 5.74) is 2.63. The van der Waals surface area contributed by atoms with Gasteiger partial charge in [0.2, 0.25) is 10.8 Å². The topological polar surface area (TPSA) is 43.9 Å². The molecule has 2 aromatic carbocycles. The first-order valence-corrected chi connectivity index (χ1v) is 10.4. The van der Waals surface area contributed by atoms with Crippen LogP contribution in [0.3, 0.4) is 0 Å². The summed E-state index contributed by atoms with van der Waals surface area (Å²) in [6.45, 7) is 2.63. The molecule has 2 amide bonds. The van der Waals surface area contributed by atoms with Gasteiger partial charge in [-0.15, -0.1) is 11.8 Å². The number of nitrogens with zero attached hydrogens (tertiary/aromatic N) is 3.